The lowest BCUT2D eigenvalue weighted by atomic mass is 10.2. The van der Waals surface area contributed by atoms with Crippen LogP contribution in [0.15, 0.2) is 0 Å². The molecule has 2 nitrogen and oxygen atoms in total. The van der Waals surface area contributed by atoms with Gasteiger partial charge in [-0.25, -0.2) is 0 Å². The van der Waals surface area contributed by atoms with Crippen LogP contribution >= 0.6 is 0 Å². The first-order valence-corrected chi connectivity index (χ1v) is 8.37. The summed E-state index contributed by atoms with van der Waals surface area (Å²) in [6.45, 7) is 13.2. The van der Waals surface area contributed by atoms with E-state index < -0.39 is 8.32 Å². The molecule has 0 saturated carbocycles. The molecule has 0 spiro atoms. The topological polar surface area (TPSA) is 18.5 Å². The van der Waals surface area contributed by atoms with Gasteiger partial charge in [0.2, 0.25) is 0 Å². The molecule has 0 N–H and O–H groups in total. The van der Waals surface area contributed by atoms with Crippen LogP contribution in [0, 0.1) is 12.3 Å². The van der Waals surface area contributed by atoms with Crippen molar-refractivity contribution < 1.29 is 9.16 Å². The highest BCUT2D eigenvalue weighted by Crippen LogP contribution is 2.36. The van der Waals surface area contributed by atoms with E-state index in [9.17, 15) is 0 Å². The number of hydrogen-bond donors (Lipinski definition) is 0. The minimum absolute atomic E-state index is 0.270. The summed E-state index contributed by atoms with van der Waals surface area (Å²) < 4.78 is 11.3. The molecule has 0 saturated heterocycles. The van der Waals surface area contributed by atoms with Crippen LogP contribution in [-0.2, 0) is 9.16 Å². The Kier molecular flexibility index (Phi) is 6.19. The summed E-state index contributed by atoms with van der Waals surface area (Å²) in [7, 11) is -1.59. The monoisotopic (exact) mass is 228 g/mol. The summed E-state index contributed by atoms with van der Waals surface area (Å²) in [5.74, 6) is 2.54. The van der Waals surface area contributed by atoms with Crippen molar-refractivity contribution in [2.75, 3.05) is 19.8 Å². The standard InChI is InChI=1S/C12H24O2Si/c1-7-8-9-13-10-11-14-15(5,6)12(2,3)4/h1H,8-11H2,2-6H3. The van der Waals surface area contributed by atoms with E-state index in [1.807, 2.05) is 0 Å². The Morgan fingerprint density at radius 3 is 2.20 bits per heavy atom. The summed E-state index contributed by atoms with van der Waals surface area (Å²) in [6.07, 6.45) is 5.80. The normalized spacial score (nSPS) is 12.5. The SMILES string of the molecule is C#CCCOCCO[Si](C)(C)C(C)(C)C. The highest BCUT2D eigenvalue weighted by molar-refractivity contribution is 6.74. The molecule has 0 fully saturated rings. The second-order valence-electron chi connectivity index (χ2n) is 5.18. The molecule has 88 valence electrons. The number of ether oxygens (including phenoxy) is 1. The second-order valence-corrected chi connectivity index (χ2v) is 9.98. The Bertz CT molecular complexity index is 211. The molecular formula is C12H24O2Si. The van der Waals surface area contributed by atoms with Gasteiger partial charge >= 0.3 is 0 Å². The largest absolute Gasteiger partial charge is 0.414 e. The van der Waals surface area contributed by atoms with Crippen molar-refractivity contribution in [2.24, 2.45) is 0 Å². The van der Waals surface area contributed by atoms with Crippen molar-refractivity contribution in [1.82, 2.24) is 0 Å². The summed E-state index contributed by atoms with van der Waals surface area (Å²) in [6, 6.07) is 0. The maximum absolute atomic E-state index is 5.94. The highest BCUT2D eigenvalue weighted by Gasteiger charge is 2.36. The first-order chi connectivity index (χ1) is 6.81. The van der Waals surface area contributed by atoms with E-state index in [0.717, 1.165) is 0 Å². The minimum Gasteiger partial charge on any atom is -0.414 e. The van der Waals surface area contributed by atoms with E-state index >= 15 is 0 Å². The molecule has 0 unspecified atom stereocenters. The molecule has 0 heterocycles. The van der Waals surface area contributed by atoms with Gasteiger partial charge in [0.25, 0.3) is 0 Å². The van der Waals surface area contributed by atoms with Gasteiger partial charge in [-0.3, -0.25) is 0 Å². The van der Waals surface area contributed by atoms with Gasteiger partial charge in [-0.2, -0.15) is 0 Å². The summed E-state index contributed by atoms with van der Waals surface area (Å²) in [5, 5.41) is 0.270. The molecule has 0 aromatic rings. The molecule has 0 aromatic heterocycles. The lowest BCUT2D eigenvalue weighted by Crippen LogP contribution is -2.41. The maximum atomic E-state index is 5.94. The van der Waals surface area contributed by atoms with Crippen molar-refractivity contribution in [2.45, 2.75) is 45.3 Å². The molecule has 0 amide bonds. The number of terminal acetylenes is 1. The fourth-order valence-electron chi connectivity index (χ4n) is 0.805. The van der Waals surface area contributed by atoms with Gasteiger partial charge in [0.05, 0.1) is 19.8 Å². The van der Waals surface area contributed by atoms with E-state index in [1.54, 1.807) is 0 Å². The predicted molar refractivity (Wildman–Crippen MR) is 67.4 cm³/mol. The van der Waals surface area contributed by atoms with Gasteiger partial charge in [0, 0.05) is 6.42 Å². The lowest BCUT2D eigenvalue weighted by Gasteiger charge is -2.36. The quantitative estimate of drug-likeness (QED) is 0.395. The third kappa shape index (κ3) is 5.98. The van der Waals surface area contributed by atoms with Crippen LogP contribution in [0.2, 0.25) is 18.1 Å². The Balaban J connectivity index is 3.64. The predicted octanol–water partition coefficient (Wildman–Crippen LogP) is 3.05. The van der Waals surface area contributed by atoms with Gasteiger partial charge < -0.3 is 9.16 Å². The fourth-order valence-corrected chi connectivity index (χ4v) is 1.83. The molecule has 0 aromatic carbocycles. The fraction of sp³-hybridized carbons (Fsp3) is 0.833. The molecule has 0 rings (SSSR count). The molecular weight excluding hydrogens is 204 g/mol. The van der Waals surface area contributed by atoms with E-state index in [4.69, 9.17) is 15.6 Å². The lowest BCUT2D eigenvalue weighted by molar-refractivity contribution is 0.0994. The molecule has 0 bridgehead atoms. The van der Waals surface area contributed by atoms with Crippen molar-refractivity contribution in [3.8, 4) is 12.3 Å². The average molecular weight is 228 g/mol. The Morgan fingerprint density at radius 1 is 1.13 bits per heavy atom. The van der Waals surface area contributed by atoms with Crippen LogP contribution < -0.4 is 0 Å². The molecule has 0 radical (unpaired) electrons. The van der Waals surface area contributed by atoms with Crippen molar-refractivity contribution in [3.63, 3.8) is 0 Å². The van der Waals surface area contributed by atoms with E-state index in [2.05, 4.69) is 39.8 Å². The third-order valence-corrected chi connectivity index (χ3v) is 7.43. The van der Waals surface area contributed by atoms with Crippen molar-refractivity contribution in [3.05, 3.63) is 0 Å². The summed E-state index contributed by atoms with van der Waals surface area (Å²) in [5.41, 5.74) is 0. The summed E-state index contributed by atoms with van der Waals surface area (Å²) >= 11 is 0. The van der Waals surface area contributed by atoms with Crippen LogP contribution in [0.1, 0.15) is 27.2 Å². The van der Waals surface area contributed by atoms with Crippen molar-refractivity contribution in [1.29, 1.82) is 0 Å². The maximum Gasteiger partial charge on any atom is 0.192 e. The molecule has 0 aliphatic rings. The zero-order valence-electron chi connectivity index (χ0n) is 10.7. The van der Waals surface area contributed by atoms with E-state index in [0.29, 0.717) is 26.2 Å². The van der Waals surface area contributed by atoms with Crippen LogP contribution in [0.5, 0.6) is 0 Å². The van der Waals surface area contributed by atoms with E-state index in [-0.39, 0.29) is 5.04 Å². The van der Waals surface area contributed by atoms with Gasteiger partial charge in [0.1, 0.15) is 0 Å². The second kappa shape index (κ2) is 6.32. The number of hydrogen-bond acceptors (Lipinski definition) is 2. The molecule has 0 atom stereocenters. The van der Waals surface area contributed by atoms with Crippen LogP contribution in [0.4, 0.5) is 0 Å². The molecule has 3 heteroatoms. The summed E-state index contributed by atoms with van der Waals surface area (Å²) in [4.78, 5) is 0. The Hall–Kier alpha value is -0.303. The smallest absolute Gasteiger partial charge is 0.192 e. The Morgan fingerprint density at radius 2 is 1.73 bits per heavy atom. The zero-order chi connectivity index (χ0) is 11.9. The third-order valence-electron chi connectivity index (χ3n) is 2.89. The van der Waals surface area contributed by atoms with Gasteiger partial charge in [-0.15, -0.1) is 12.3 Å². The first kappa shape index (κ1) is 14.7. The number of rotatable bonds is 6. The van der Waals surface area contributed by atoms with Crippen LogP contribution in [-0.4, -0.2) is 28.1 Å². The van der Waals surface area contributed by atoms with Gasteiger partial charge in [0.15, 0.2) is 8.32 Å². The highest BCUT2D eigenvalue weighted by atomic mass is 28.4. The molecule has 0 aliphatic heterocycles. The van der Waals surface area contributed by atoms with Crippen molar-refractivity contribution >= 4 is 8.32 Å². The van der Waals surface area contributed by atoms with Crippen LogP contribution in [0.3, 0.4) is 0 Å². The zero-order valence-corrected chi connectivity index (χ0v) is 11.7. The molecule has 15 heavy (non-hydrogen) atoms. The van der Waals surface area contributed by atoms with E-state index in [1.165, 1.54) is 0 Å². The minimum atomic E-state index is -1.59. The molecule has 0 aliphatic carbocycles. The van der Waals surface area contributed by atoms with Crippen LogP contribution in [0.25, 0.3) is 0 Å². The average Bonchev–Trinajstić information content (AvgIpc) is 2.09. The Labute approximate surface area is 95.5 Å². The van der Waals surface area contributed by atoms with Gasteiger partial charge in [-0.05, 0) is 18.1 Å². The van der Waals surface area contributed by atoms with Gasteiger partial charge in [-0.1, -0.05) is 20.8 Å². The first-order valence-electron chi connectivity index (χ1n) is 5.46.